The first-order valence-corrected chi connectivity index (χ1v) is 8.31. The van der Waals surface area contributed by atoms with Crippen molar-refractivity contribution < 1.29 is 9.59 Å². The van der Waals surface area contributed by atoms with Gasteiger partial charge in [0.05, 0.1) is 11.3 Å². The van der Waals surface area contributed by atoms with Gasteiger partial charge in [0.2, 0.25) is 5.91 Å². The number of nitriles is 1. The van der Waals surface area contributed by atoms with E-state index < -0.39 is 0 Å². The zero-order valence-corrected chi connectivity index (χ0v) is 14.5. The molecule has 0 aliphatic carbocycles. The van der Waals surface area contributed by atoms with Crippen LogP contribution in [0.3, 0.4) is 0 Å². The minimum atomic E-state index is -0.217. The van der Waals surface area contributed by atoms with Crippen LogP contribution in [-0.2, 0) is 4.79 Å². The molecule has 1 heterocycles. The van der Waals surface area contributed by atoms with Gasteiger partial charge in [-0.2, -0.15) is 5.26 Å². The molecule has 2 aromatic rings. The highest BCUT2D eigenvalue weighted by atomic mass is 32.2. The number of pyridine rings is 1. The summed E-state index contributed by atoms with van der Waals surface area (Å²) in [6.07, 6.45) is 0. The molecule has 1 N–H and O–H groups in total. The van der Waals surface area contributed by atoms with E-state index >= 15 is 0 Å². The lowest BCUT2D eigenvalue weighted by Crippen LogP contribution is -2.14. The van der Waals surface area contributed by atoms with Crippen molar-refractivity contribution in [1.29, 1.82) is 5.26 Å². The molecule has 122 valence electrons. The van der Waals surface area contributed by atoms with Crippen molar-refractivity contribution in [1.82, 2.24) is 4.98 Å². The largest absolute Gasteiger partial charge is 0.325 e. The third-order valence-corrected chi connectivity index (χ3v) is 4.29. The third-order valence-electron chi connectivity index (χ3n) is 3.32. The molecular formula is C18H17N3O2S. The summed E-state index contributed by atoms with van der Waals surface area (Å²) in [4.78, 5) is 27.8. The number of amides is 1. The second-order valence-electron chi connectivity index (χ2n) is 5.35. The fourth-order valence-electron chi connectivity index (χ4n) is 2.19. The number of ketones is 1. The van der Waals surface area contributed by atoms with Crippen molar-refractivity contribution in [2.45, 2.75) is 25.8 Å². The second kappa shape index (κ2) is 7.75. The number of benzene rings is 1. The number of aromatic nitrogens is 1. The predicted octanol–water partition coefficient (Wildman–Crippen LogP) is 3.50. The molecule has 0 aliphatic heterocycles. The van der Waals surface area contributed by atoms with Crippen molar-refractivity contribution >= 4 is 29.1 Å². The monoisotopic (exact) mass is 339 g/mol. The number of Topliss-reactive ketones (excluding diaryl/α,β-unsaturated/α-hetero) is 1. The van der Waals surface area contributed by atoms with Gasteiger partial charge in [0.1, 0.15) is 11.1 Å². The molecule has 0 bridgehead atoms. The lowest BCUT2D eigenvalue weighted by Gasteiger charge is -2.08. The van der Waals surface area contributed by atoms with E-state index in [9.17, 15) is 14.9 Å². The van der Waals surface area contributed by atoms with E-state index in [-0.39, 0.29) is 17.4 Å². The summed E-state index contributed by atoms with van der Waals surface area (Å²) in [5.74, 6) is -0.140. The van der Waals surface area contributed by atoms with Gasteiger partial charge in [-0.05, 0) is 44.5 Å². The van der Waals surface area contributed by atoms with Gasteiger partial charge in [0.25, 0.3) is 0 Å². The molecule has 0 aliphatic rings. The first-order valence-electron chi connectivity index (χ1n) is 7.32. The number of thioether (sulfide) groups is 1. The number of carbonyl (C=O) groups is 2. The Balaban J connectivity index is 2.06. The number of carbonyl (C=O) groups excluding carboxylic acids is 2. The van der Waals surface area contributed by atoms with Crippen LogP contribution in [0.25, 0.3) is 0 Å². The van der Waals surface area contributed by atoms with E-state index in [1.165, 1.54) is 18.7 Å². The van der Waals surface area contributed by atoms with Gasteiger partial charge >= 0.3 is 0 Å². The van der Waals surface area contributed by atoms with Gasteiger partial charge in [-0.3, -0.25) is 9.59 Å². The average Bonchev–Trinajstić information content (AvgIpc) is 2.52. The quantitative estimate of drug-likeness (QED) is 0.666. The second-order valence-corrected chi connectivity index (χ2v) is 6.31. The Kier molecular flexibility index (Phi) is 5.72. The molecule has 0 spiro atoms. The summed E-state index contributed by atoms with van der Waals surface area (Å²) >= 11 is 1.23. The van der Waals surface area contributed by atoms with Gasteiger partial charge in [-0.15, -0.1) is 0 Å². The van der Waals surface area contributed by atoms with Crippen LogP contribution >= 0.6 is 11.8 Å². The van der Waals surface area contributed by atoms with E-state index in [4.69, 9.17) is 0 Å². The maximum Gasteiger partial charge on any atom is 0.234 e. The highest BCUT2D eigenvalue weighted by Gasteiger charge is 2.12. The van der Waals surface area contributed by atoms with Crippen LogP contribution in [0.1, 0.15) is 34.1 Å². The molecular weight excluding hydrogens is 322 g/mol. The molecule has 0 fully saturated rings. The average molecular weight is 339 g/mol. The highest BCUT2D eigenvalue weighted by Crippen LogP contribution is 2.23. The van der Waals surface area contributed by atoms with Crippen molar-refractivity contribution in [2.24, 2.45) is 0 Å². The van der Waals surface area contributed by atoms with Gasteiger partial charge < -0.3 is 5.32 Å². The number of nitrogens with one attached hydrogen (secondary N) is 1. The van der Waals surface area contributed by atoms with E-state index in [1.807, 2.05) is 19.9 Å². The SMILES string of the molecule is CC(=O)c1cccc(NC(=O)CSc2nc(C)cc(C)c2C#N)c1. The summed E-state index contributed by atoms with van der Waals surface area (Å²) in [6.45, 7) is 5.18. The molecule has 0 atom stereocenters. The number of anilines is 1. The smallest absolute Gasteiger partial charge is 0.234 e. The summed E-state index contributed by atoms with van der Waals surface area (Å²) in [5.41, 5.74) is 3.27. The third kappa shape index (κ3) is 4.43. The first-order chi connectivity index (χ1) is 11.4. The summed E-state index contributed by atoms with van der Waals surface area (Å²) in [6, 6.07) is 10.8. The molecule has 1 amide bonds. The Hall–Kier alpha value is -2.65. The predicted molar refractivity (Wildman–Crippen MR) is 94.2 cm³/mol. The fraction of sp³-hybridized carbons (Fsp3) is 0.222. The van der Waals surface area contributed by atoms with Crippen LogP contribution in [0.4, 0.5) is 5.69 Å². The molecule has 2 rings (SSSR count). The van der Waals surface area contributed by atoms with Gasteiger partial charge in [0.15, 0.2) is 5.78 Å². The maximum absolute atomic E-state index is 12.1. The molecule has 1 aromatic heterocycles. The number of hydrogen-bond donors (Lipinski definition) is 1. The molecule has 6 heteroatoms. The van der Waals surface area contributed by atoms with E-state index in [0.717, 1.165) is 11.3 Å². The standard InChI is InChI=1S/C18H17N3O2S/c1-11-7-12(2)20-18(16(11)9-19)24-10-17(23)21-15-6-4-5-14(8-15)13(3)22/h4-8H,10H2,1-3H3,(H,21,23). The van der Waals surface area contributed by atoms with Crippen LogP contribution in [-0.4, -0.2) is 22.4 Å². The molecule has 0 saturated heterocycles. The van der Waals surface area contributed by atoms with Crippen molar-refractivity contribution in [2.75, 3.05) is 11.1 Å². The molecule has 0 unspecified atom stereocenters. The van der Waals surface area contributed by atoms with Gasteiger partial charge in [-0.1, -0.05) is 23.9 Å². The molecule has 5 nitrogen and oxygen atoms in total. The normalized spacial score (nSPS) is 10.1. The summed E-state index contributed by atoms with van der Waals surface area (Å²) < 4.78 is 0. The Bertz CT molecular complexity index is 841. The molecule has 0 saturated carbocycles. The molecule has 0 radical (unpaired) electrons. The van der Waals surface area contributed by atoms with Crippen molar-refractivity contribution in [3.05, 3.63) is 52.7 Å². The van der Waals surface area contributed by atoms with E-state index in [1.54, 1.807) is 24.3 Å². The lowest BCUT2D eigenvalue weighted by molar-refractivity contribution is -0.113. The lowest BCUT2D eigenvalue weighted by atomic mass is 10.1. The molecule has 24 heavy (non-hydrogen) atoms. The molecule has 1 aromatic carbocycles. The maximum atomic E-state index is 12.1. The minimum Gasteiger partial charge on any atom is -0.325 e. The zero-order chi connectivity index (χ0) is 17.7. The van der Waals surface area contributed by atoms with Crippen LogP contribution in [0.15, 0.2) is 35.4 Å². The number of hydrogen-bond acceptors (Lipinski definition) is 5. The Labute approximate surface area is 145 Å². The summed E-state index contributed by atoms with van der Waals surface area (Å²) in [5, 5.41) is 12.5. The number of aryl methyl sites for hydroxylation is 2. The number of rotatable bonds is 5. The highest BCUT2D eigenvalue weighted by molar-refractivity contribution is 8.00. The van der Waals surface area contributed by atoms with Crippen LogP contribution < -0.4 is 5.32 Å². The van der Waals surface area contributed by atoms with Crippen molar-refractivity contribution in [3.63, 3.8) is 0 Å². The Morgan fingerprint density at radius 2 is 2.04 bits per heavy atom. The van der Waals surface area contributed by atoms with Crippen LogP contribution in [0.5, 0.6) is 0 Å². The Morgan fingerprint density at radius 1 is 1.29 bits per heavy atom. The van der Waals surface area contributed by atoms with Gasteiger partial charge in [0, 0.05) is 16.9 Å². The topological polar surface area (TPSA) is 82.8 Å². The Morgan fingerprint density at radius 3 is 2.71 bits per heavy atom. The fourth-order valence-corrected chi connectivity index (χ4v) is 3.09. The van der Waals surface area contributed by atoms with E-state index in [2.05, 4.69) is 16.4 Å². The first kappa shape index (κ1) is 17.7. The van der Waals surface area contributed by atoms with Crippen LogP contribution in [0.2, 0.25) is 0 Å². The van der Waals surface area contributed by atoms with Gasteiger partial charge in [-0.25, -0.2) is 4.98 Å². The van der Waals surface area contributed by atoms with Crippen molar-refractivity contribution in [3.8, 4) is 6.07 Å². The zero-order valence-electron chi connectivity index (χ0n) is 13.7. The van der Waals surface area contributed by atoms with E-state index in [0.29, 0.717) is 21.8 Å². The number of nitrogens with zero attached hydrogens (tertiary/aromatic N) is 2. The minimum absolute atomic E-state index is 0.0569. The summed E-state index contributed by atoms with van der Waals surface area (Å²) in [7, 11) is 0. The van der Waals surface area contributed by atoms with Crippen LogP contribution in [0, 0.1) is 25.2 Å².